The quantitative estimate of drug-likeness (QED) is 0.115. The van der Waals surface area contributed by atoms with Crippen molar-refractivity contribution in [2.24, 2.45) is 0 Å². The molecular weight excluding hydrogens is 545 g/mol. The van der Waals surface area contributed by atoms with Crippen LogP contribution in [0.3, 0.4) is 0 Å². The van der Waals surface area contributed by atoms with Gasteiger partial charge in [0, 0.05) is 27.4 Å². The van der Waals surface area contributed by atoms with Gasteiger partial charge in [-0.2, -0.15) is 0 Å². The third kappa shape index (κ3) is 5.89. The van der Waals surface area contributed by atoms with Gasteiger partial charge in [0.2, 0.25) is 11.8 Å². The molecule has 10 heteroatoms. The Kier molecular flexibility index (Phi) is 7.20. The van der Waals surface area contributed by atoms with Gasteiger partial charge in [0.05, 0.1) is 5.56 Å². The van der Waals surface area contributed by atoms with Crippen LogP contribution in [0.2, 0.25) is 10.0 Å². The summed E-state index contributed by atoms with van der Waals surface area (Å²) in [4.78, 5) is 16.9. The fraction of sp³-hybridized carbons (Fsp3) is 0.0357. The van der Waals surface area contributed by atoms with E-state index in [4.69, 9.17) is 44.3 Å². The number of nitrogens with zero attached hydrogens (tertiary/aromatic N) is 1. The zero-order valence-electron chi connectivity index (χ0n) is 19.8. The molecule has 3 aromatic carbocycles. The van der Waals surface area contributed by atoms with Crippen molar-refractivity contribution in [1.29, 1.82) is 0 Å². The average Bonchev–Trinajstić information content (AvgIpc) is 3.50. The number of rotatable bonds is 5. The van der Waals surface area contributed by atoms with E-state index in [9.17, 15) is 9.90 Å². The number of phenolic OH excluding ortho intramolecular Hbond substituents is 1. The number of furan rings is 1. The molecule has 3 N–H and O–H groups in total. The molecule has 0 unspecified atom stereocenters. The van der Waals surface area contributed by atoms with Crippen molar-refractivity contribution in [3.8, 4) is 28.5 Å². The third-order valence-electron chi connectivity index (χ3n) is 5.44. The number of thiocarbonyl (C=S) groups is 1. The molecule has 5 rings (SSSR count). The topological polar surface area (TPSA) is 101 Å². The van der Waals surface area contributed by atoms with Crippen molar-refractivity contribution in [3.63, 3.8) is 0 Å². The molecule has 7 nitrogen and oxygen atoms in total. The molecule has 38 heavy (non-hydrogen) atoms. The Balaban J connectivity index is 1.23. The smallest absolute Gasteiger partial charge is 0.250 e. The minimum absolute atomic E-state index is 0.00502. The number of anilines is 1. The molecule has 5 aromatic rings. The van der Waals surface area contributed by atoms with E-state index in [1.807, 2.05) is 25.1 Å². The van der Waals surface area contributed by atoms with Crippen LogP contribution in [0.25, 0.3) is 40.0 Å². The Hall–Kier alpha value is -4.11. The molecule has 0 saturated carbocycles. The first-order valence-electron chi connectivity index (χ1n) is 11.3. The second-order valence-electron chi connectivity index (χ2n) is 8.36. The highest BCUT2D eigenvalue weighted by atomic mass is 35.5. The second-order valence-corrected chi connectivity index (χ2v) is 9.64. The number of aryl methyl sites for hydroxylation is 1. The lowest BCUT2D eigenvalue weighted by molar-refractivity contribution is -0.115. The molecular formula is C28H19Cl2N3O4S. The number of phenols is 1. The van der Waals surface area contributed by atoms with Crippen LogP contribution in [-0.4, -0.2) is 21.1 Å². The van der Waals surface area contributed by atoms with E-state index in [0.717, 1.165) is 11.1 Å². The summed E-state index contributed by atoms with van der Waals surface area (Å²) < 4.78 is 11.6. The van der Waals surface area contributed by atoms with E-state index in [-0.39, 0.29) is 16.8 Å². The van der Waals surface area contributed by atoms with Crippen molar-refractivity contribution < 1.29 is 18.7 Å². The highest BCUT2D eigenvalue weighted by Crippen LogP contribution is 2.33. The first-order valence-corrected chi connectivity index (χ1v) is 12.5. The minimum atomic E-state index is -0.459. The minimum Gasteiger partial charge on any atom is -0.507 e. The summed E-state index contributed by atoms with van der Waals surface area (Å²) >= 11 is 17.4. The predicted octanol–water partition coefficient (Wildman–Crippen LogP) is 7.60. The number of benzene rings is 3. The van der Waals surface area contributed by atoms with E-state index in [1.54, 1.807) is 42.5 Å². The van der Waals surface area contributed by atoms with Crippen LogP contribution in [0.4, 0.5) is 5.69 Å². The number of hydrogen-bond donors (Lipinski definition) is 3. The summed E-state index contributed by atoms with van der Waals surface area (Å²) in [5.74, 6) is 0.822. The summed E-state index contributed by atoms with van der Waals surface area (Å²) in [5.41, 5.74) is 3.98. The maximum Gasteiger partial charge on any atom is 0.250 e. The second kappa shape index (κ2) is 10.7. The number of amides is 1. The van der Waals surface area contributed by atoms with Gasteiger partial charge in [-0.1, -0.05) is 29.3 Å². The Labute approximate surface area is 232 Å². The summed E-state index contributed by atoms with van der Waals surface area (Å²) in [5, 5.41) is 16.9. The number of aromatic nitrogens is 1. The van der Waals surface area contributed by atoms with E-state index in [0.29, 0.717) is 43.9 Å². The van der Waals surface area contributed by atoms with E-state index in [2.05, 4.69) is 15.6 Å². The van der Waals surface area contributed by atoms with Gasteiger partial charge < -0.3 is 19.3 Å². The van der Waals surface area contributed by atoms with Gasteiger partial charge >= 0.3 is 0 Å². The number of fused-ring (bicyclic) bond motifs is 1. The van der Waals surface area contributed by atoms with Crippen molar-refractivity contribution in [3.05, 3.63) is 94.2 Å². The normalized spacial score (nSPS) is 11.2. The molecule has 0 saturated heterocycles. The van der Waals surface area contributed by atoms with Crippen LogP contribution in [0.5, 0.6) is 5.75 Å². The summed E-state index contributed by atoms with van der Waals surface area (Å²) in [6.45, 7) is 1.96. The number of nitrogens with one attached hydrogen (secondary N) is 2. The van der Waals surface area contributed by atoms with E-state index < -0.39 is 5.91 Å². The van der Waals surface area contributed by atoms with E-state index in [1.165, 1.54) is 18.2 Å². The molecule has 0 bridgehead atoms. The molecule has 0 radical (unpaired) electrons. The molecule has 2 heterocycles. The molecule has 0 aliphatic carbocycles. The highest BCUT2D eigenvalue weighted by Gasteiger charge is 2.14. The Bertz CT molecular complexity index is 1700. The first-order chi connectivity index (χ1) is 18.2. The Morgan fingerprint density at radius 3 is 2.58 bits per heavy atom. The zero-order valence-corrected chi connectivity index (χ0v) is 22.1. The number of hydrogen-bond acceptors (Lipinski definition) is 6. The van der Waals surface area contributed by atoms with E-state index >= 15 is 0 Å². The average molecular weight is 564 g/mol. The molecule has 190 valence electrons. The van der Waals surface area contributed by atoms with Gasteiger partial charge in [-0.25, -0.2) is 4.98 Å². The monoisotopic (exact) mass is 563 g/mol. The van der Waals surface area contributed by atoms with Gasteiger partial charge in [0.15, 0.2) is 10.7 Å². The summed E-state index contributed by atoms with van der Waals surface area (Å²) in [6, 6.07) is 19.0. The van der Waals surface area contributed by atoms with Crippen molar-refractivity contribution in [2.75, 3.05) is 5.32 Å². The van der Waals surface area contributed by atoms with Crippen LogP contribution >= 0.6 is 35.4 Å². The van der Waals surface area contributed by atoms with Crippen LogP contribution in [0.15, 0.2) is 81.6 Å². The number of oxazole rings is 1. The highest BCUT2D eigenvalue weighted by molar-refractivity contribution is 7.80. The number of carbonyl (C=O) groups is 1. The zero-order chi connectivity index (χ0) is 26.8. The lowest BCUT2D eigenvalue weighted by atomic mass is 10.1. The number of aromatic hydroxyl groups is 1. The standard InChI is InChI=1S/C28H19Cl2N3O4S/c1-15-2-7-25-22(10-15)32-27(37-25)21-14-19(3-6-23(21)34)31-28(38)33-26(35)9-5-20-4-8-24(36-20)16-11-17(29)13-18(30)12-16/h2-14,34H,1H3,(H2,31,33,35,38)/b9-5+. The fourth-order valence-electron chi connectivity index (χ4n) is 3.71. The summed E-state index contributed by atoms with van der Waals surface area (Å²) in [6.07, 6.45) is 2.81. The molecule has 0 atom stereocenters. The molecule has 0 aliphatic rings. The Morgan fingerprint density at radius 1 is 1.00 bits per heavy atom. The third-order valence-corrected chi connectivity index (χ3v) is 6.08. The maximum atomic E-state index is 12.4. The maximum absolute atomic E-state index is 12.4. The van der Waals surface area contributed by atoms with Crippen LogP contribution in [-0.2, 0) is 4.79 Å². The molecule has 0 spiro atoms. The van der Waals surface area contributed by atoms with Crippen LogP contribution in [0.1, 0.15) is 11.3 Å². The SMILES string of the molecule is Cc1ccc2oc(-c3cc(NC(=S)NC(=O)/C=C/c4ccc(-c5cc(Cl)cc(Cl)c5)o4)ccc3O)nc2c1. The van der Waals surface area contributed by atoms with Gasteiger partial charge in [0.25, 0.3) is 0 Å². The number of halogens is 2. The summed E-state index contributed by atoms with van der Waals surface area (Å²) in [7, 11) is 0. The Morgan fingerprint density at radius 2 is 1.79 bits per heavy atom. The van der Waals surface area contributed by atoms with Gasteiger partial charge in [-0.15, -0.1) is 0 Å². The largest absolute Gasteiger partial charge is 0.507 e. The van der Waals surface area contributed by atoms with Crippen LogP contribution in [0, 0.1) is 6.92 Å². The number of carbonyl (C=O) groups excluding carboxylic acids is 1. The van der Waals surface area contributed by atoms with Gasteiger partial charge in [0.1, 0.15) is 22.8 Å². The molecule has 0 aliphatic heterocycles. The predicted molar refractivity (Wildman–Crippen MR) is 153 cm³/mol. The molecule has 1 amide bonds. The molecule has 2 aromatic heterocycles. The van der Waals surface area contributed by atoms with Crippen LogP contribution < -0.4 is 10.6 Å². The fourth-order valence-corrected chi connectivity index (χ4v) is 4.45. The first kappa shape index (κ1) is 25.5. The van der Waals surface area contributed by atoms with Crippen molar-refractivity contribution >= 4 is 69.3 Å². The van der Waals surface area contributed by atoms with Crippen molar-refractivity contribution in [2.45, 2.75) is 6.92 Å². The lowest BCUT2D eigenvalue weighted by Gasteiger charge is -2.09. The lowest BCUT2D eigenvalue weighted by Crippen LogP contribution is -2.32. The molecule has 0 fully saturated rings. The van der Waals surface area contributed by atoms with Gasteiger partial charge in [-0.3, -0.25) is 10.1 Å². The van der Waals surface area contributed by atoms with Gasteiger partial charge in [-0.05, 0) is 91.4 Å². The van der Waals surface area contributed by atoms with Crippen molar-refractivity contribution in [1.82, 2.24) is 10.3 Å².